The van der Waals surface area contributed by atoms with E-state index in [9.17, 15) is 4.57 Å². The van der Waals surface area contributed by atoms with Gasteiger partial charge in [-0.3, -0.25) is 4.57 Å². The van der Waals surface area contributed by atoms with Crippen molar-refractivity contribution in [1.82, 2.24) is 0 Å². The van der Waals surface area contributed by atoms with Gasteiger partial charge in [0.25, 0.3) is 0 Å². The second kappa shape index (κ2) is 2.26. The van der Waals surface area contributed by atoms with E-state index in [4.69, 9.17) is 9.79 Å². The molecule has 0 bridgehead atoms. The third-order valence-corrected chi connectivity index (χ3v) is 1.03. The molecule has 0 heterocycles. The Balaban J connectivity index is 3.82. The van der Waals surface area contributed by atoms with Crippen molar-refractivity contribution >= 4 is 7.60 Å². The maximum absolute atomic E-state index is 9.84. The molecule has 2 N–H and O–H groups in total. The fraction of sp³-hybridized carbons (Fsp3) is 0.333. The Bertz CT molecular complexity index is 111. The van der Waals surface area contributed by atoms with Crippen LogP contribution in [0.4, 0.5) is 0 Å². The summed E-state index contributed by atoms with van der Waals surface area (Å²) in [4.78, 5) is 16.1. The molecule has 0 saturated heterocycles. The van der Waals surface area contributed by atoms with Gasteiger partial charge in [0.1, 0.15) is 0 Å². The molecule has 42 valence electrons. The van der Waals surface area contributed by atoms with Crippen LogP contribution < -0.4 is 0 Å². The molecule has 7 heavy (non-hydrogen) atoms. The summed E-state index contributed by atoms with van der Waals surface area (Å²) in [5, 5.41) is 0. The first-order valence-corrected chi connectivity index (χ1v) is 3.43. The predicted molar refractivity (Wildman–Crippen MR) is 26.9 cm³/mol. The zero-order valence-corrected chi connectivity index (χ0v) is 4.80. The molecule has 0 radical (unpaired) electrons. The van der Waals surface area contributed by atoms with E-state index >= 15 is 0 Å². The highest BCUT2D eigenvalue weighted by atomic mass is 31.2. The van der Waals surface area contributed by atoms with Gasteiger partial charge in [-0.2, -0.15) is 0 Å². The minimum absolute atomic E-state index is 0.854. The minimum atomic E-state index is -3.85. The summed E-state index contributed by atoms with van der Waals surface area (Å²) in [6.45, 7) is 1.55. The monoisotopic (exact) mass is 122 g/mol. The molecule has 3 nitrogen and oxygen atoms in total. The quantitative estimate of drug-likeness (QED) is 0.503. The van der Waals surface area contributed by atoms with Crippen LogP contribution >= 0.6 is 7.60 Å². The smallest absolute Gasteiger partial charge is 0.321 e. The summed E-state index contributed by atoms with van der Waals surface area (Å²) in [5.41, 5.74) is 0. The average molecular weight is 122 g/mol. The summed E-state index contributed by atoms with van der Waals surface area (Å²) >= 11 is 0. The molecule has 0 amide bonds. The van der Waals surface area contributed by atoms with E-state index in [2.05, 4.69) is 0 Å². The van der Waals surface area contributed by atoms with E-state index in [1.54, 1.807) is 6.92 Å². The Morgan fingerprint density at radius 3 is 2.00 bits per heavy atom. The molecule has 0 atom stereocenters. The lowest BCUT2D eigenvalue weighted by Crippen LogP contribution is -1.65. The fourth-order valence-corrected chi connectivity index (χ4v) is 0.583. The van der Waals surface area contributed by atoms with E-state index in [-0.39, 0.29) is 0 Å². The van der Waals surface area contributed by atoms with Gasteiger partial charge in [0, 0.05) is 5.82 Å². The highest BCUT2D eigenvalue weighted by molar-refractivity contribution is 7.55. The van der Waals surface area contributed by atoms with Gasteiger partial charge in [-0.25, -0.2) is 0 Å². The summed E-state index contributed by atoms with van der Waals surface area (Å²) in [6, 6.07) is 0. The second-order valence-corrected chi connectivity index (χ2v) is 2.55. The predicted octanol–water partition coefficient (Wildman–Crippen LogP) is 0.698. The van der Waals surface area contributed by atoms with Crippen LogP contribution in [0.2, 0.25) is 0 Å². The summed E-state index contributed by atoms with van der Waals surface area (Å²) in [6.07, 6.45) is 1.32. The normalized spacial score (nSPS) is 13.0. The van der Waals surface area contributed by atoms with E-state index in [0.717, 1.165) is 5.82 Å². The molecular weight excluding hydrogens is 115 g/mol. The van der Waals surface area contributed by atoms with Crippen LogP contribution in [-0.4, -0.2) is 9.79 Å². The molecule has 0 fully saturated rings. The van der Waals surface area contributed by atoms with Crippen molar-refractivity contribution in [1.29, 1.82) is 0 Å². The third-order valence-electron chi connectivity index (χ3n) is 0.343. The molecule has 0 aliphatic heterocycles. The molecule has 0 aliphatic rings. The Morgan fingerprint density at radius 1 is 1.57 bits per heavy atom. The van der Waals surface area contributed by atoms with Gasteiger partial charge in [-0.05, 0) is 6.92 Å². The van der Waals surface area contributed by atoms with Crippen molar-refractivity contribution in [3.05, 3.63) is 11.9 Å². The van der Waals surface area contributed by atoms with E-state index in [1.165, 1.54) is 6.08 Å². The van der Waals surface area contributed by atoms with E-state index in [0.29, 0.717) is 0 Å². The minimum Gasteiger partial charge on any atom is -0.321 e. The van der Waals surface area contributed by atoms with Crippen LogP contribution in [0.1, 0.15) is 6.92 Å². The third kappa shape index (κ3) is 5.89. The zero-order valence-electron chi connectivity index (χ0n) is 3.90. The first kappa shape index (κ1) is 6.89. The first-order valence-electron chi connectivity index (χ1n) is 1.75. The summed E-state index contributed by atoms with van der Waals surface area (Å²) in [7, 11) is -3.85. The van der Waals surface area contributed by atoms with Gasteiger partial charge in [-0.15, -0.1) is 0 Å². The first-order chi connectivity index (χ1) is 3.06. The molecular formula is C3H7O3P. The highest BCUT2D eigenvalue weighted by Gasteiger charge is 2.02. The van der Waals surface area contributed by atoms with Crippen molar-refractivity contribution in [2.24, 2.45) is 0 Å². The molecule has 0 rings (SSSR count). The van der Waals surface area contributed by atoms with E-state index < -0.39 is 7.60 Å². The molecule has 0 unspecified atom stereocenters. The summed E-state index contributed by atoms with van der Waals surface area (Å²) in [5.74, 6) is 0.854. The van der Waals surface area contributed by atoms with E-state index in [1.807, 2.05) is 0 Å². The van der Waals surface area contributed by atoms with Crippen molar-refractivity contribution in [3.8, 4) is 0 Å². The Kier molecular flexibility index (Phi) is 2.23. The maximum atomic E-state index is 9.84. The van der Waals surface area contributed by atoms with Crippen LogP contribution in [0.5, 0.6) is 0 Å². The van der Waals surface area contributed by atoms with Crippen LogP contribution in [-0.2, 0) is 4.57 Å². The van der Waals surface area contributed by atoms with Gasteiger partial charge >= 0.3 is 7.60 Å². The van der Waals surface area contributed by atoms with Crippen molar-refractivity contribution in [2.45, 2.75) is 6.92 Å². The maximum Gasteiger partial charge on any atom is 0.348 e. The van der Waals surface area contributed by atoms with Gasteiger partial charge in [0.15, 0.2) is 0 Å². The van der Waals surface area contributed by atoms with Gasteiger partial charge < -0.3 is 9.79 Å². The lowest BCUT2D eigenvalue weighted by atomic mass is 10.8. The lowest BCUT2D eigenvalue weighted by molar-refractivity contribution is 0.386. The largest absolute Gasteiger partial charge is 0.348 e. The Labute approximate surface area is 41.8 Å². The van der Waals surface area contributed by atoms with Crippen molar-refractivity contribution in [3.63, 3.8) is 0 Å². The lowest BCUT2D eigenvalue weighted by Gasteiger charge is -1.89. The van der Waals surface area contributed by atoms with Crippen LogP contribution in [0, 0.1) is 0 Å². The molecule has 4 heteroatoms. The topological polar surface area (TPSA) is 57.5 Å². The molecule has 0 saturated carbocycles. The van der Waals surface area contributed by atoms with Crippen LogP contribution in [0.15, 0.2) is 11.9 Å². The standard InChI is InChI=1S/C3H7O3P/c1-2-3-7(4,5)6/h2-3H,1H3,(H2,4,5,6). The van der Waals surface area contributed by atoms with Gasteiger partial charge in [0.05, 0.1) is 0 Å². The average Bonchev–Trinajstić information content (AvgIpc) is 1.30. The summed E-state index contributed by atoms with van der Waals surface area (Å²) < 4.78 is 9.84. The Hall–Kier alpha value is -0.110. The molecule has 0 aliphatic carbocycles. The molecule has 0 aromatic carbocycles. The van der Waals surface area contributed by atoms with Crippen molar-refractivity contribution < 1.29 is 14.4 Å². The SMILES string of the molecule is CC=CP(=O)(O)O. The van der Waals surface area contributed by atoms with Crippen LogP contribution in [0.25, 0.3) is 0 Å². The van der Waals surface area contributed by atoms with Gasteiger partial charge in [0.2, 0.25) is 0 Å². The number of rotatable bonds is 1. The highest BCUT2D eigenvalue weighted by Crippen LogP contribution is 2.35. The van der Waals surface area contributed by atoms with Gasteiger partial charge in [-0.1, -0.05) is 6.08 Å². The molecule has 0 aromatic rings. The second-order valence-electron chi connectivity index (χ2n) is 1.07. The molecule has 0 spiro atoms. The van der Waals surface area contributed by atoms with Crippen molar-refractivity contribution in [2.75, 3.05) is 0 Å². The fourth-order valence-electron chi connectivity index (χ4n) is 0.194. The zero-order chi connectivity index (χ0) is 5.91. The number of allylic oxidation sites excluding steroid dienone is 1. The number of hydrogen-bond donors (Lipinski definition) is 2. The number of hydrogen-bond acceptors (Lipinski definition) is 1. The van der Waals surface area contributed by atoms with Crippen LogP contribution in [0.3, 0.4) is 0 Å². The molecule has 0 aromatic heterocycles. The Morgan fingerprint density at radius 2 is 2.00 bits per heavy atom.